The number of nitrogens with one attached hydrogen (secondary N) is 2. The van der Waals surface area contributed by atoms with Crippen molar-refractivity contribution in [3.05, 3.63) is 59.8 Å². The fourth-order valence-corrected chi connectivity index (χ4v) is 5.19. The van der Waals surface area contributed by atoms with Gasteiger partial charge in [0.05, 0.1) is 36.6 Å². The van der Waals surface area contributed by atoms with E-state index in [0.717, 1.165) is 12.8 Å². The number of imidazole rings is 1. The number of aromatic nitrogens is 4. The topological polar surface area (TPSA) is 101 Å². The highest BCUT2D eigenvalue weighted by Crippen LogP contribution is 2.43. The molecule has 2 N–H and O–H groups in total. The Balaban J connectivity index is 1.39. The average Bonchev–Trinajstić information content (AvgIpc) is 3.67. The van der Waals surface area contributed by atoms with Crippen molar-refractivity contribution in [2.24, 2.45) is 11.8 Å². The number of amides is 2. The molecule has 0 aromatic carbocycles. The molecule has 0 aliphatic heterocycles. The number of halogens is 5. The standard InChI is InChI=1S/C27H29F5N6O2/c28-26(29)8-3-17(4-9-26)24(37-25(40)18-6-11-33-12-7-18)20-15-38-21(35-20)13-19(14-34-38)23(16-1-2-16)36-22(39)5-10-27(30,31)32/h6-7,11-17,23-24H,1-5,8-10H2,(H,36,39)(H,37,40)/t23?,24-/m0/s1. The molecule has 0 radical (unpaired) electrons. The summed E-state index contributed by atoms with van der Waals surface area (Å²) in [7, 11) is 0. The Kier molecular flexibility index (Phi) is 7.74. The summed E-state index contributed by atoms with van der Waals surface area (Å²) in [6, 6.07) is 3.67. The highest BCUT2D eigenvalue weighted by Gasteiger charge is 2.40. The summed E-state index contributed by atoms with van der Waals surface area (Å²) in [5, 5.41) is 10.1. The largest absolute Gasteiger partial charge is 0.389 e. The minimum Gasteiger partial charge on any atom is -0.349 e. The molecular weight excluding hydrogens is 535 g/mol. The first-order valence-corrected chi connectivity index (χ1v) is 13.3. The molecule has 2 fully saturated rings. The normalized spacial score (nSPS) is 19.2. The van der Waals surface area contributed by atoms with Gasteiger partial charge >= 0.3 is 6.18 Å². The lowest BCUT2D eigenvalue weighted by Gasteiger charge is -2.33. The number of carbonyl (C=O) groups is 2. The predicted molar refractivity (Wildman–Crippen MR) is 133 cm³/mol. The highest BCUT2D eigenvalue weighted by molar-refractivity contribution is 5.94. The Morgan fingerprint density at radius 1 is 1.02 bits per heavy atom. The first kappa shape index (κ1) is 27.9. The van der Waals surface area contributed by atoms with E-state index < -0.39 is 42.9 Å². The van der Waals surface area contributed by atoms with E-state index in [-0.39, 0.29) is 43.4 Å². The van der Waals surface area contributed by atoms with Gasteiger partial charge < -0.3 is 10.6 Å². The molecule has 8 nitrogen and oxygen atoms in total. The van der Waals surface area contributed by atoms with E-state index in [1.807, 2.05) is 0 Å². The van der Waals surface area contributed by atoms with Crippen LogP contribution >= 0.6 is 0 Å². The van der Waals surface area contributed by atoms with Crippen LogP contribution in [0.4, 0.5) is 22.0 Å². The Hall–Kier alpha value is -3.64. The molecular formula is C27H29F5N6O2. The lowest BCUT2D eigenvalue weighted by Crippen LogP contribution is -2.37. The number of fused-ring (bicyclic) bond motifs is 1. The molecule has 3 aromatic rings. The Morgan fingerprint density at radius 3 is 2.35 bits per heavy atom. The maximum Gasteiger partial charge on any atom is 0.389 e. The molecule has 5 rings (SSSR count). The van der Waals surface area contributed by atoms with Crippen LogP contribution in [0, 0.1) is 11.8 Å². The van der Waals surface area contributed by atoms with E-state index >= 15 is 0 Å². The third-order valence-corrected chi connectivity index (χ3v) is 7.55. The number of alkyl halides is 5. The lowest BCUT2D eigenvalue weighted by atomic mass is 9.81. The number of pyridine rings is 1. The van der Waals surface area contributed by atoms with Crippen molar-refractivity contribution in [2.75, 3.05) is 0 Å². The molecule has 0 saturated heterocycles. The van der Waals surface area contributed by atoms with Crippen LogP contribution in [0.25, 0.3) is 5.65 Å². The number of rotatable bonds is 9. The van der Waals surface area contributed by atoms with Crippen molar-refractivity contribution < 1.29 is 31.5 Å². The Bertz CT molecular complexity index is 1350. The van der Waals surface area contributed by atoms with Crippen LogP contribution in [0.5, 0.6) is 0 Å². The average molecular weight is 565 g/mol. The first-order valence-electron chi connectivity index (χ1n) is 13.3. The molecule has 40 heavy (non-hydrogen) atoms. The fourth-order valence-electron chi connectivity index (χ4n) is 5.19. The smallest absolute Gasteiger partial charge is 0.349 e. The Morgan fingerprint density at radius 2 is 1.70 bits per heavy atom. The van der Waals surface area contributed by atoms with Gasteiger partial charge in [-0.2, -0.15) is 18.3 Å². The van der Waals surface area contributed by atoms with Gasteiger partial charge in [-0.15, -0.1) is 0 Å². The highest BCUT2D eigenvalue weighted by atomic mass is 19.4. The maximum absolute atomic E-state index is 13.9. The van der Waals surface area contributed by atoms with Crippen LogP contribution in [-0.2, 0) is 4.79 Å². The molecule has 2 aliphatic carbocycles. The summed E-state index contributed by atoms with van der Waals surface area (Å²) < 4.78 is 67.0. The van der Waals surface area contributed by atoms with E-state index in [4.69, 9.17) is 0 Å². The zero-order chi connectivity index (χ0) is 28.5. The minimum absolute atomic E-state index is 0.0878. The first-order chi connectivity index (χ1) is 19.0. The molecule has 1 unspecified atom stereocenters. The summed E-state index contributed by atoms with van der Waals surface area (Å²) >= 11 is 0. The number of hydrogen-bond acceptors (Lipinski definition) is 5. The minimum atomic E-state index is -4.42. The van der Waals surface area contributed by atoms with Gasteiger partial charge in [0.15, 0.2) is 5.65 Å². The quantitative estimate of drug-likeness (QED) is 0.342. The van der Waals surface area contributed by atoms with Crippen LogP contribution < -0.4 is 10.6 Å². The molecule has 3 heterocycles. The molecule has 13 heteroatoms. The summed E-state index contributed by atoms with van der Waals surface area (Å²) in [6.45, 7) is 0. The molecule has 0 spiro atoms. The molecule has 2 amide bonds. The molecule has 2 aliphatic rings. The molecule has 0 bridgehead atoms. The zero-order valence-electron chi connectivity index (χ0n) is 21.5. The number of hydrogen-bond donors (Lipinski definition) is 2. The van der Waals surface area contributed by atoms with Gasteiger partial charge in [-0.25, -0.2) is 18.3 Å². The van der Waals surface area contributed by atoms with Gasteiger partial charge in [-0.3, -0.25) is 14.6 Å². The summed E-state index contributed by atoms with van der Waals surface area (Å²) in [4.78, 5) is 33.8. The van der Waals surface area contributed by atoms with Crippen molar-refractivity contribution in [1.82, 2.24) is 30.2 Å². The second kappa shape index (κ2) is 11.1. The summed E-state index contributed by atoms with van der Waals surface area (Å²) in [5.41, 5.74) is 1.85. The second-order valence-electron chi connectivity index (χ2n) is 10.6. The predicted octanol–water partition coefficient (Wildman–Crippen LogP) is 5.33. The third kappa shape index (κ3) is 6.92. The van der Waals surface area contributed by atoms with E-state index in [1.54, 1.807) is 24.4 Å². The molecule has 214 valence electrons. The zero-order valence-corrected chi connectivity index (χ0v) is 21.5. The van der Waals surface area contributed by atoms with E-state index in [2.05, 4.69) is 25.7 Å². The van der Waals surface area contributed by atoms with Crippen molar-refractivity contribution in [3.8, 4) is 0 Å². The van der Waals surface area contributed by atoms with Crippen LogP contribution in [0.15, 0.2) is 43.0 Å². The van der Waals surface area contributed by atoms with E-state index in [9.17, 15) is 31.5 Å². The van der Waals surface area contributed by atoms with Crippen LogP contribution in [0.1, 0.15) is 85.1 Å². The number of nitrogens with zero attached hydrogens (tertiary/aromatic N) is 4. The molecule has 3 aromatic heterocycles. The molecule has 2 atom stereocenters. The lowest BCUT2D eigenvalue weighted by molar-refractivity contribution is -0.144. The van der Waals surface area contributed by atoms with Gasteiger partial charge in [0.25, 0.3) is 5.91 Å². The van der Waals surface area contributed by atoms with Crippen LogP contribution in [-0.4, -0.2) is 43.5 Å². The SMILES string of the molecule is O=C(CCC(F)(F)F)NC(c1cnn2cc([C@@H](NC(=O)c3ccncc3)C3CCC(F)(F)CC3)nc2c1)C1CC1. The van der Waals surface area contributed by atoms with Gasteiger partial charge in [0.1, 0.15) is 0 Å². The Labute approximate surface area is 226 Å². The summed E-state index contributed by atoms with van der Waals surface area (Å²) in [6.07, 6.45) is 1.35. The second-order valence-corrected chi connectivity index (χ2v) is 10.6. The van der Waals surface area contributed by atoms with E-state index in [0.29, 0.717) is 22.5 Å². The fraction of sp³-hybridized carbons (Fsp3) is 0.519. The van der Waals surface area contributed by atoms with Crippen molar-refractivity contribution >= 4 is 17.5 Å². The van der Waals surface area contributed by atoms with Gasteiger partial charge in [-0.1, -0.05) is 0 Å². The van der Waals surface area contributed by atoms with Crippen molar-refractivity contribution in [3.63, 3.8) is 0 Å². The maximum atomic E-state index is 13.9. The van der Waals surface area contributed by atoms with E-state index in [1.165, 1.54) is 23.1 Å². The van der Waals surface area contributed by atoms with Gasteiger partial charge in [0, 0.05) is 37.2 Å². The van der Waals surface area contributed by atoms with Crippen molar-refractivity contribution in [2.45, 2.75) is 75.5 Å². The van der Waals surface area contributed by atoms with Crippen molar-refractivity contribution in [1.29, 1.82) is 0 Å². The van der Waals surface area contributed by atoms with Crippen LogP contribution in [0.2, 0.25) is 0 Å². The summed E-state index contributed by atoms with van der Waals surface area (Å²) in [5.74, 6) is -4.00. The van der Waals surface area contributed by atoms with Gasteiger partial charge in [0.2, 0.25) is 11.8 Å². The van der Waals surface area contributed by atoms with Crippen LogP contribution in [0.3, 0.4) is 0 Å². The molecule has 2 saturated carbocycles. The monoisotopic (exact) mass is 564 g/mol. The van der Waals surface area contributed by atoms with Gasteiger partial charge in [-0.05, 0) is 61.3 Å². The number of carbonyl (C=O) groups excluding carboxylic acids is 2. The third-order valence-electron chi connectivity index (χ3n) is 7.55.